The van der Waals surface area contributed by atoms with Crippen LogP contribution in [0.25, 0.3) is 0 Å². The summed E-state index contributed by atoms with van der Waals surface area (Å²) in [7, 11) is -2.90. The van der Waals surface area contributed by atoms with E-state index in [0.717, 1.165) is 21.3 Å². The summed E-state index contributed by atoms with van der Waals surface area (Å²) >= 11 is 0. The predicted molar refractivity (Wildman–Crippen MR) is 148 cm³/mol. The van der Waals surface area contributed by atoms with E-state index in [0.29, 0.717) is 5.75 Å². The molecule has 40 heavy (non-hydrogen) atoms. The number of anilines is 1. The third-order valence-corrected chi connectivity index (χ3v) is 7.79. The first-order valence-corrected chi connectivity index (χ1v) is 13.9. The summed E-state index contributed by atoms with van der Waals surface area (Å²) in [6, 6.07) is 14.9. The SMILES string of the molecule is COc1ccc(S(=O)(=O)N(CC(=O)N(Cc2ccccc2F)C(C)C(=O)NC(C)(C)C)c2ccc(F)cc2)cc1. The van der Waals surface area contributed by atoms with Crippen LogP contribution in [0.3, 0.4) is 0 Å². The van der Waals surface area contributed by atoms with Gasteiger partial charge in [0, 0.05) is 17.6 Å². The molecule has 0 heterocycles. The van der Waals surface area contributed by atoms with Gasteiger partial charge >= 0.3 is 0 Å². The smallest absolute Gasteiger partial charge is 0.264 e. The van der Waals surface area contributed by atoms with Crippen LogP contribution in [0.2, 0.25) is 0 Å². The number of carbonyl (C=O) groups is 2. The van der Waals surface area contributed by atoms with Gasteiger partial charge in [0.15, 0.2) is 0 Å². The number of hydrogen-bond acceptors (Lipinski definition) is 5. The molecular weight excluding hydrogens is 540 g/mol. The number of ether oxygens (including phenoxy) is 1. The van der Waals surface area contributed by atoms with Gasteiger partial charge in [0.25, 0.3) is 10.0 Å². The average Bonchev–Trinajstić information content (AvgIpc) is 2.90. The number of halogens is 2. The van der Waals surface area contributed by atoms with Gasteiger partial charge in [-0.1, -0.05) is 18.2 Å². The summed E-state index contributed by atoms with van der Waals surface area (Å²) in [6.45, 7) is 5.79. The molecule has 214 valence electrons. The quantitative estimate of drug-likeness (QED) is 0.385. The molecule has 2 amide bonds. The number of amides is 2. The Morgan fingerprint density at radius 1 is 0.950 bits per heavy atom. The summed E-state index contributed by atoms with van der Waals surface area (Å²) in [5.74, 6) is -2.00. The molecule has 0 spiro atoms. The van der Waals surface area contributed by atoms with E-state index in [9.17, 15) is 26.8 Å². The zero-order chi connectivity index (χ0) is 29.7. The molecular formula is C29H33F2N3O5S. The fraction of sp³-hybridized carbons (Fsp3) is 0.310. The second-order valence-electron chi connectivity index (χ2n) is 10.2. The van der Waals surface area contributed by atoms with Crippen molar-refractivity contribution >= 4 is 27.5 Å². The maximum atomic E-state index is 14.6. The maximum Gasteiger partial charge on any atom is 0.264 e. The van der Waals surface area contributed by atoms with Crippen molar-refractivity contribution in [1.29, 1.82) is 0 Å². The van der Waals surface area contributed by atoms with Crippen LogP contribution in [-0.4, -0.2) is 50.4 Å². The standard InChI is InChI=1S/C29H33F2N3O5S/c1-20(28(36)32-29(2,3)4)33(18-21-8-6-7-9-26(21)31)27(35)19-34(23-12-10-22(30)11-13-23)40(37,38)25-16-14-24(39-5)15-17-25/h6-17,20H,18-19H2,1-5H3,(H,32,36). The molecule has 0 fully saturated rings. The van der Waals surface area contributed by atoms with Crippen molar-refractivity contribution in [2.45, 2.75) is 50.7 Å². The lowest BCUT2D eigenvalue weighted by Crippen LogP contribution is -2.54. The molecule has 0 bridgehead atoms. The first-order chi connectivity index (χ1) is 18.7. The highest BCUT2D eigenvalue weighted by Crippen LogP contribution is 2.26. The third-order valence-electron chi connectivity index (χ3n) is 6.00. The lowest BCUT2D eigenvalue weighted by atomic mass is 10.1. The molecule has 8 nitrogen and oxygen atoms in total. The molecule has 1 atom stereocenters. The normalized spacial score (nSPS) is 12.4. The summed E-state index contributed by atoms with van der Waals surface area (Å²) < 4.78 is 61.8. The van der Waals surface area contributed by atoms with Crippen molar-refractivity contribution in [2.24, 2.45) is 0 Å². The van der Waals surface area contributed by atoms with Crippen LogP contribution in [0.1, 0.15) is 33.3 Å². The summed E-state index contributed by atoms with van der Waals surface area (Å²) in [6.07, 6.45) is 0. The van der Waals surface area contributed by atoms with Crippen molar-refractivity contribution in [3.05, 3.63) is 90.0 Å². The Bertz CT molecular complexity index is 1440. The molecule has 0 aliphatic carbocycles. The van der Waals surface area contributed by atoms with Gasteiger partial charge in [-0.05, 0) is 82.3 Å². The Labute approximate surface area is 233 Å². The van der Waals surface area contributed by atoms with E-state index < -0.39 is 51.6 Å². The van der Waals surface area contributed by atoms with E-state index in [1.54, 1.807) is 26.8 Å². The second kappa shape index (κ2) is 12.5. The molecule has 0 saturated heterocycles. The number of nitrogens with zero attached hydrogens (tertiary/aromatic N) is 2. The van der Waals surface area contributed by atoms with Gasteiger partial charge < -0.3 is 15.0 Å². The second-order valence-corrected chi connectivity index (χ2v) is 12.1. The Morgan fingerprint density at radius 3 is 2.10 bits per heavy atom. The molecule has 3 rings (SSSR count). The molecule has 0 aliphatic heterocycles. The Morgan fingerprint density at radius 2 is 1.55 bits per heavy atom. The van der Waals surface area contributed by atoms with Crippen LogP contribution in [0.15, 0.2) is 77.7 Å². The summed E-state index contributed by atoms with van der Waals surface area (Å²) in [4.78, 5) is 27.9. The van der Waals surface area contributed by atoms with Gasteiger partial charge in [-0.2, -0.15) is 0 Å². The molecule has 3 aromatic carbocycles. The van der Waals surface area contributed by atoms with Crippen molar-refractivity contribution in [1.82, 2.24) is 10.2 Å². The minimum Gasteiger partial charge on any atom is -0.497 e. The minimum atomic E-state index is -4.34. The highest BCUT2D eigenvalue weighted by atomic mass is 32.2. The maximum absolute atomic E-state index is 14.6. The van der Waals surface area contributed by atoms with Crippen molar-refractivity contribution in [3.63, 3.8) is 0 Å². The molecule has 3 aromatic rings. The highest BCUT2D eigenvalue weighted by Gasteiger charge is 2.33. The zero-order valence-corrected chi connectivity index (χ0v) is 23.8. The Hall–Kier alpha value is -3.99. The van der Waals surface area contributed by atoms with E-state index in [2.05, 4.69) is 5.32 Å². The molecule has 11 heteroatoms. The van der Waals surface area contributed by atoms with Crippen LogP contribution in [0.5, 0.6) is 5.75 Å². The van der Waals surface area contributed by atoms with Gasteiger partial charge in [-0.15, -0.1) is 0 Å². The Balaban J connectivity index is 2.04. The van der Waals surface area contributed by atoms with E-state index in [1.807, 2.05) is 0 Å². The van der Waals surface area contributed by atoms with E-state index in [-0.39, 0.29) is 22.7 Å². The third kappa shape index (κ3) is 7.56. The summed E-state index contributed by atoms with van der Waals surface area (Å²) in [5, 5.41) is 2.80. The molecule has 0 aliphatic rings. The first-order valence-electron chi connectivity index (χ1n) is 12.5. The minimum absolute atomic E-state index is 0.0307. The van der Waals surface area contributed by atoms with Gasteiger partial charge in [0.2, 0.25) is 11.8 Å². The molecule has 0 saturated carbocycles. The van der Waals surface area contributed by atoms with Gasteiger partial charge in [-0.25, -0.2) is 17.2 Å². The predicted octanol–water partition coefficient (Wildman–Crippen LogP) is 4.50. The average molecular weight is 574 g/mol. The molecule has 1 N–H and O–H groups in total. The lowest BCUT2D eigenvalue weighted by molar-refractivity contribution is -0.140. The summed E-state index contributed by atoms with van der Waals surface area (Å²) in [5.41, 5.74) is -0.434. The topological polar surface area (TPSA) is 96.0 Å². The number of carbonyl (C=O) groups excluding carboxylic acids is 2. The van der Waals surface area contributed by atoms with E-state index in [4.69, 9.17) is 4.74 Å². The van der Waals surface area contributed by atoms with Crippen LogP contribution in [-0.2, 0) is 26.2 Å². The number of benzene rings is 3. The molecule has 1 unspecified atom stereocenters. The number of nitrogens with one attached hydrogen (secondary N) is 1. The van der Waals surface area contributed by atoms with Crippen molar-refractivity contribution < 1.29 is 31.5 Å². The van der Waals surface area contributed by atoms with Gasteiger partial charge in [0.05, 0.1) is 17.7 Å². The van der Waals surface area contributed by atoms with Crippen LogP contribution >= 0.6 is 0 Å². The van der Waals surface area contributed by atoms with Gasteiger partial charge in [-0.3, -0.25) is 13.9 Å². The van der Waals surface area contributed by atoms with Crippen LogP contribution < -0.4 is 14.4 Å². The van der Waals surface area contributed by atoms with E-state index in [1.165, 1.54) is 68.6 Å². The number of hydrogen-bond donors (Lipinski definition) is 1. The Kier molecular flexibility index (Phi) is 9.52. The highest BCUT2D eigenvalue weighted by molar-refractivity contribution is 7.92. The number of methoxy groups -OCH3 is 1. The number of rotatable bonds is 10. The molecule has 0 radical (unpaired) electrons. The first kappa shape index (κ1) is 30.6. The number of sulfonamides is 1. The monoisotopic (exact) mass is 573 g/mol. The molecule has 0 aromatic heterocycles. The van der Waals surface area contributed by atoms with Crippen molar-refractivity contribution in [2.75, 3.05) is 18.0 Å². The largest absolute Gasteiger partial charge is 0.497 e. The fourth-order valence-corrected chi connectivity index (χ4v) is 5.29. The van der Waals surface area contributed by atoms with Crippen LogP contribution in [0.4, 0.5) is 14.5 Å². The zero-order valence-electron chi connectivity index (χ0n) is 23.0. The van der Waals surface area contributed by atoms with Gasteiger partial charge in [0.1, 0.15) is 30.0 Å². The lowest BCUT2D eigenvalue weighted by Gasteiger charge is -2.33. The van der Waals surface area contributed by atoms with Crippen LogP contribution in [0, 0.1) is 11.6 Å². The van der Waals surface area contributed by atoms with Crippen molar-refractivity contribution in [3.8, 4) is 5.75 Å². The fourth-order valence-electron chi connectivity index (χ4n) is 3.88. The van der Waals surface area contributed by atoms with E-state index >= 15 is 0 Å².